The average molecular weight is 405 g/mol. The minimum absolute atomic E-state index is 0.0864. The Hall–Kier alpha value is -3.06. The molecule has 0 N–H and O–H groups in total. The Morgan fingerprint density at radius 2 is 1.77 bits per heavy atom. The highest BCUT2D eigenvalue weighted by molar-refractivity contribution is 5.80. The Morgan fingerprint density at radius 3 is 2.50 bits per heavy atom. The summed E-state index contributed by atoms with van der Waals surface area (Å²) in [6, 6.07) is 18.3. The van der Waals surface area contributed by atoms with Crippen LogP contribution in [0, 0.1) is 6.92 Å². The Kier molecular flexibility index (Phi) is 6.49. The third kappa shape index (κ3) is 5.10. The lowest BCUT2D eigenvalue weighted by atomic mass is 10.0. The van der Waals surface area contributed by atoms with Crippen molar-refractivity contribution in [3.8, 4) is 0 Å². The maximum absolute atomic E-state index is 13.4. The Labute approximate surface area is 177 Å². The molecule has 1 fully saturated rings. The Balaban J connectivity index is 1.42. The van der Waals surface area contributed by atoms with Crippen LogP contribution in [0.2, 0.25) is 0 Å². The molecule has 0 bridgehead atoms. The lowest BCUT2D eigenvalue weighted by molar-refractivity contribution is -0.135. The number of hydrogen-bond acceptors (Lipinski definition) is 5. The summed E-state index contributed by atoms with van der Waals surface area (Å²) in [5.74, 6) is 0.0864. The van der Waals surface area contributed by atoms with Crippen LogP contribution in [0.15, 0.2) is 60.9 Å². The van der Waals surface area contributed by atoms with Crippen LogP contribution in [-0.2, 0) is 17.8 Å². The summed E-state index contributed by atoms with van der Waals surface area (Å²) < 4.78 is 1.59. The summed E-state index contributed by atoms with van der Waals surface area (Å²) in [5.41, 5.74) is 3.69. The highest BCUT2D eigenvalue weighted by atomic mass is 16.2. The van der Waals surface area contributed by atoms with Crippen molar-refractivity contribution in [2.24, 2.45) is 0 Å². The Morgan fingerprint density at radius 1 is 0.967 bits per heavy atom. The highest BCUT2D eigenvalue weighted by Crippen LogP contribution is 2.18. The molecule has 1 amide bonds. The first-order valence-corrected chi connectivity index (χ1v) is 10.5. The van der Waals surface area contributed by atoms with E-state index in [1.807, 2.05) is 35.2 Å². The first-order valence-electron chi connectivity index (χ1n) is 10.5. The first kappa shape index (κ1) is 20.2. The molecule has 2 aromatic carbocycles. The average Bonchev–Trinajstić information content (AvgIpc) is 3.20. The predicted molar refractivity (Wildman–Crippen MR) is 115 cm³/mol. The molecule has 2 heterocycles. The predicted octanol–water partition coefficient (Wildman–Crippen LogP) is 2.50. The number of tetrazole rings is 1. The summed E-state index contributed by atoms with van der Waals surface area (Å²) in [6.07, 6.45) is 3.08. The summed E-state index contributed by atoms with van der Waals surface area (Å²) in [6.45, 7) is 6.37. The van der Waals surface area contributed by atoms with E-state index in [4.69, 9.17) is 0 Å². The van der Waals surface area contributed by atoms with Gasteiger partial charge >= 0.3 is 0 Å². The summed E-state index contributed by atoms with van der Waals surface area (Å²) >= 11 is 0. The number of nitrogens with zero attached hydrogens (tertiary/aromatic N) is 6. The molecule has 7 nitrogen and oxygen atoms in total. The van der Waals surface area contributed by atoms with Crippen LogP contribution in [0.3, 0.4) is 0 Å². The topological polar surface area (TPSA) is 67.2 Å². The molecule has 0 aliphatic carbocycles. The smallest absolute Gasteiger partial charge is 0.247 e. The lowest BCUT2D eigenvalue weighted by Gasteiger charge is -2.26. The summed E-state index contributed by atoms with van der Waals surface area (Å²) in [4.78, 5) is 17.9. The molecule has 3 aromatic rings. The van der Waals surface area contributed by atoms with E-state index in [0.717, 1.165) is 44.7 Å². The number of aryl methyl sites for hydroxylation is 1. The molecule has 4 rings (SSSR count). The lowest BCUT2D eigenvalue weighted by Crippen LogP contribution is -2.40. The zero-order valence-electron chi connectivity index (χ0n) is 17.4. The molecular weight excluding hydrogens is 376 g/mol. The van der Waals surface area contributed by atoms with Crippen LogP contribution >= 0.6 is 0 Å². The van der Waals surface area contributed by atoms with Crippen molar-refractivity contribution >= 4 is 5.91 Å². The minimum atomic E-state index is -0.425. The second-order valence-electron chi connectivity index (χ2n) is 7.94. The third-order valence-electron chi connectivity index (χ3n) is 5.67. The number of carbonyl (C=O) groups is 1. The number of amides is 1. The van der Waals surface area contributed by atoms with E-state index >= 15 is 0 Å². The molecule has 1 aromatic heterocycles. The van der Waals surface area contributed by atoms with E-state index in [-0.39, 0.29) is 5.91 Å². The normalized spacial score (nSPS) is 16.2. The molecule has 0 radical (unpaired) electrons. The number of carbonyl (C=O) groups excluding carboxylic acids is 1. The fraction of sp³-hybridized carbons (Fsp3) is 0.391. The van der Waals surface area contributed by atoms with Crippen molar-refractivity contribution in [1.82, 2.24) is 30.0 Å². The monoisotopic (exact) mass is 404 g/mol. The van der Waals surface area contributed by atoms with Gasteiger partial charge in [0.1, 0.15) is 12.4 Å². The van der Waals surface area contributed by atoms with Crippen LogP contribution in [0.4, 0.5) is 0 Å². The molecule has 1 aliphatic rings. The maximum atomic E-state index is 13.4. The summed E-state index contributed by atoms with van der Waals surface area (Å²) in [7, 11) is 0. The van der Waals surface area contributed by atoms with Crippen molar-refractivity contribution in [3.05, 3.63) is 77.6 Å². The first-order chi connectivity index (χ1) is 14.7. The molecule has 1 saturated heterocycles. The van der Waals surface area contributed by atoms with Gasteiger partial charge in [-0.05, 0) is 34.9 Å². The maximum Gasteiger partial charge on any atom is 0.247 e. The van der Waals surface area contributed by atoms with E-state index < -0.39 is 6.04 Å². The SMILES string of the molecule is Cc1ccc(CN2CCCN(C(=O)[C@H](Cc3ccccc3)n3cnnn3)CC2)cc1. The van der Waals surface area contributed by atoms with Crippen LogP contribution < -0.4 is 0 Å². The van der Waals surface area contributed by atoms with Gasteiger partial charge in [0.2, 0.25) is 5.91 Å². The van der Waals surface area contributed by atoms with Gasteiger partial charge in [-0.15, -0.1) is 5.10 Å². The van der Waals surface area contributed by atoms with E-state index in [9.17, 15) is 4.79 Å². The largest absolute Gasteiger partial charge is 0.339 e. The van der Waals surface area contributed by atoms with Crippen molar-refractivity contribution in [3.63, 3.8) is 0 Å². The second-order valence-corrected chi connectivity index (χ2v) is 7.94. The highest BCUT2D eigenvalue weighted by Gasteiger charge is 2.28. The molecule has 0 spiro atoms. The number of rotatable bonds is 6. The van der Waals surface area contributed by atoms with Gasteiger partial charge in [-0.1, -0.05) is 60.2 Å². The van der Waals surface area contributed by atoms with Crippen LogP contribution in [-0.4, -0.2) is 62.1 Å². The van der Waals surface area contributed by atoms with Gasteiger partial charge in [-0.3, -0.25) is 9.69 Å². The van der Waals surface area contributed by atoms with Crippen molar-refractivity contribution in [1.29, 1.82) is 0 Å². The van der Waals surface area contributed by atoms with Crippen molar-refractivity contribution in [2.75, 3.05) is 26.2 Å². The molecule has 1 aliphatic heterocycles. The molecule has 0 saturated carbocycles. The van der Waals surface area contributed by atoms with Gasteiger partial charge in [-0.2, -0.15) is 0 Å². The molecule has 30 heavy (non-hydrogen) atoms. The van der Waals surface area contributed by atoms with Crippen molar-refractivity contribution in [2.45, 2.75) is 32.4 Å². The molecule has 1 atom stereocenters. The van der Waals surface area contributed by atoms with Gasteiger partial charge in [-0.25, -0.2) is 4.68 Å². The van der Waals surface area contributed by atoms with Gasteiger partial charge in [0.25, 0.3) is 0 Å². The zero-order chi connectivity index (χ0) is 20.8. The van der Waals surface area contributed by atoms with Crippen molar-refractivity contribution < 1.29 is 4.79 Å². The molecular formula is C23H28N6O. The van der Waals surface area contributed by atoms with E-state index in [1.165, 1.54) is 17.5 Å². The fourth-order valence-corrected chi connectivity index (χ4v) is 3.95. The Bertz CT molecular complexity index is 926. The van der Waals surface area contributed by atoms with Gasteiger partial charge in [0.05, 0.1) is 0 Å². The van der Waals surface area contributed by atoms with Gasteiger partial charge in [0.15, 0.2) is 0 Å². The second kappa shape index (κ2) is 9.63. The van der Waals surface area contributed by atoms with E-state index in [0.29, 0.717) is 6.42 Å². The summed E-state index contributed by atoms with van der Waals surface area (Å²) in [5, 5.41) is 11.5. The van der Waals surface area contributed by atoms with Gasteiger partial charge < -0.3 is 4.90 Å². The van der Waals surface area contributed by atoms with Crippen LogP contribution in [0.25, 0.3) is 0 Å². The van der Waals surface area contributed by atoms with E-state index in [1.54, 1.807) is 4.68 Å². The molecule has 156 valence electrons. The number of benzene rings is 2. The fourth-order valence-electron chi connectivity index (χ4n) is 3.95. The molecule has 0 unspecified atom stereocenters. The molecule has 7 heteroatoms. The standard InChI is InChI=1S/C23H28N6O/c1-19-8-10-21(11-9-19)17-27-12-5-13-28(15-14-27)23(30)22(29-18-24-25-26-29)16-20-6-3-2-4-7-20/h2-4,6-11,18,22H,5,12-17H2,1H3/t22-/m0/s1. The van der Waals surface area contributed by atoms with Gasteiger partial charge in [0, 0.05) is 39.1 Å². The third-order valence-corrected chi connectivity index (χ3v) is 5.67. The quantitative estimate of drug-likeness (QED) is 0.632. The zero-order valence-corrected chi connectivity index (χ0v) is 17.4. The van der Waals surface area contributed by atoms with Crippen LogP contribution in [0.1, 0.15) is 29.2 Å². The van der Waals surface area contributed by atoms with Crippen LogP contribution in [0.5, 0.6) is 0 Å². The number of hydrogen-bond donors (Lipinski definition) is 0. The number of aromatic nitrogens is 4. The minimum Gasteiger partial charge on any atom is -0.339 e. The van der Waals surface area contributed by atoms with E-state index in [2.05, 4.69) is 51.6 Å².